The highest BCUT2D eigenvalue weighted by Crippen LogP contribution is 2.26. The summed E-state index contributed by atoms with van der Waals surface area (Å²) in [5.74, 6) is 0.761. The Labute approximate surface area is 115 Å². The third-order valence-corrected chi connectivity index (χ3v) is 4.28. The number of aromatic nitrogens is 3. The second-order valence-electron chi connectivity index (χ2n) is 4.26. The Morgan fingerprint density at radius 3 is 2.56 bits per heavy atom. The van der Waals surface area contributed by atoms with E-state index in [1.807, 2.05) is 27.0 Å². The maximum Gasteiger partial charge on any atom is 0.155 e. The average Bonchev–Trinajstić information content (AvgIpc) is 2.77. The molecule has 18 heavy (non-hydrogen) atoms. The predicted molar refractivity (Wildman–Crippen MR) is 75.4 cm³/mol. The van der Waals surface area contributed by atoms with Gasteiger partial charge in [-0.3, -0.25) is 0 Å². The van der Waals surface area contributed by atoms with Gasteiger partial charge in [0.2, 0.25) is 0 Å². The van der Waals surface area contributed by atoms with E-state index in [1.54, 1.807) is 11.3 Å². The molecule has 0 saturated carbocycles. The quantitative estimate of drug-likeness (QED) is 0.933. The molecular formula is C12H15ClN4S. The van der Waals surface area contributed by atoms with E-state index in [0.29, 0.717) is 5.15 Å². The van der Waals surface area contributed by atoms with Crippen molar-refractivity contribution in [3.63, 3.8) is 0 Å². The minimum Gasteiger partial charge on any atom is -0.359 e. The van der Waals surface area contributed by atoms with Crippen LogP contribution in [0.2, 0.25) is 5.15 Å². The van der Waals surface area contributed by atoms with Crippen LogP contribution in [0.3, 0.4) is 0 Å². The summed E-state index contributed by atoms with van der Waals surface area (Å²) in [6.45, 7) is 8.03. The van der Waals surface area contributed by atoms with Gasteiger partial charge in [-0.05, 0) is 38.8 Å². The van der Waals surface area contributed by atoms with E-state index in [4.69, 9.17) is 11.6 Å². The lowest BCUT2D eigenvalue weighted by atomic mass is 10.2. The zero-order valence-corrected chi connectivity index (χ0v) is 12.4. The first-order valence-electron chi connectivity index (χ1n) is 5.67. The molecule has 2 rings (SSSR count). The maximum absolute atomic E-state index is 5.93. The standard InChI is InChI=1S/C12H15ClN4S/c1-6-5-14-12(18-6)9(4)15-11-8(3)7(2)10(13)16-17-11/h5,9H,1-4H3,(H,15,17). The van der Waals surface area contributed by atoms with Crippen LogP contribution >= 0.6 is 22.9 Å². The van der Waals surface area contributed by atoms with Crippen molar-refractivity contribution >= 4 is 28.8 Å². The second kappa shape index (κ2) is 5.20. The third-order valence-electron chi connectivity index (χ3n) is 2.83. The van der Waals surface area contributed by atoms with Gasteiger partial charge in [0.15, 0.2) is 11.0 Å². The molecule has 2 aromatic rings. The fourth-order valence-corrected chi connectivity index (χ4v) is 2.51. The highest BCUT2D eigenvalue weighted by molar-refractivity contribution is 7.11. The van der Waals surface area contributed by atoms with E-state index < -0.39 is 0 Å². The summed E-state index contributed by atoms with van der Waals surface area (Å²) in [6.07, 6.45) is 1.88. The number of nitrogens with zero attached hydrogens (tertiary/aromatic N) is 3. The van der Waals surface area contributed by atoms with Crippen LogP contribution < -0.4 is 5.32 Å². The Balaban J connectivity index is 2.22. The minimum atomic E-state index is 0.109. The first kappa shape index (κ1) is 13.2. The summed E-state index contributed by atoms with van der Waals surface area (Å²) in [4.78, 5) is 5.57. The number of halogens is 1. The molecule has 2 heterocycles. The lowest BCUT2D eigenvalue weighted by molar-refractivity contribution is 0.842. The summed E-state index contributed by atoms with van der Waals surface area (Å²) >= 11 is 7.61. The molecule has 0 aromatic carbocycles. The molecule has 0 spiro atoms. The average molecular weight is 283 g/mol. The Hall–Kier alpha value is -1.20. The molecule has 96 valence electrons. The lowest BCUT2D eigenvalue weighted by Gasteiger charge is -2.14. The first-order valence-corrected chi connectivity index (χ1v) is 6.86. The molecule has 0 aliphatic heterocycles. The van der Waals surface area contributed by atoms with Gasteiger partial charge in [0.1, 0.15) is 5.01 Å². The van der Waals surface area contributed by atoms with E-state index in [9.17, 15) is 0 Å². The molecule has 0 aliphatic rings. The number of hydrogen-bond donors (Lipinski definition) is 1. The van der Waals surface area contributed by atoms with Crippen molar-refractivity contribution in [3.05, 3.63) is 32.4 Å². The predicted octanol–water partition coefficient (Wildman–Crippen LogP) is 3.68. The summed E-state index contributed by atoms with van der Waals surface area (Å²) < 4.78 is 0. The molecule has 0 bridgehead atoms. The summed E-state index contributed by atoms with van der Waals surface area (Å²) in [5, 5.41) is 12.8. The third kappa shape index (κ3) is 2.62. The zero-order chi connectivity index (χ0) is 13.3. The second-order valence-corrected chi connectivity index (χ2v) is 5.89. The molecule has 0 aliphatic carbocycles. The molecule has 0 saturated heterocycles. The minimum absolute atomic E-state index is 0.109. The van der Waals surface area contributed by atoms with Gasteiger partial charge in [0, 0.05) is 11.1 Å². The fourth-order valence-electron chi connectivity index (χ4n) is 1.55. The van der Waals surface area contributed by atoms with Crippen LogP contribution in [-0.2, 0) is 0 Å². The van der Waals surface area contributed by atoms with Gasteiger partial charge in [-0.2, -0.15) is 0 Å². The van der Waals surface area contributed by atoms with Gasteiger partial charge in [0.25, 0.3) is 0 Å². The van der Waals surface area contributed by atoms with Crippen LogP contribution in [0.1, 0.15) is 34.0 Å². The highest BCUT2D eigenvalue weighted by atomic mass is 35.5. The smallest absolute Gasteiger partial charge is 0.155 e. The Bertz CT molecular complexity index is 567. The van der Waals surface area contributed by atoms with E-state index in [2.05, 4.69) is 27.4 Å². The van der Waals surface area contributed by atoms with E-state index >= 15 is 0 Å². The van der Waals surface area contributed by atoms with Crippen LogP contribution in [0, 0.1) is 20.8 Å². The van der Waals surface area contributed by atoms with Gasteiger partial charge < -0.3 is 5.32 Å². The van der Waals surface area contributed by atoms with Crippen molar-refractivity contribution in [2.24, 2.45) is 0 Å². The SMILES string of the molecule is Cc1cnc(C(C)Nc2nnc(Cl)c(C)c2C)s1. The van der Waals surface area contributed by atoms with Crippen molar-refractivity contribution in [1.29, 1.82) is 0 Å². The van der Waals surface area contributed by atoms with Crippen molar-refractivity contribution < 1.29 is 0 Å². The monoisotopic (exact) mass is 282 g/mol. The lowest BCUT2D eigenvalue weighted by Crippen LogP contribution is -2.10. The Morgan fingerprint density at radius 2 is 1.94 bits per heavy atom. The maximum atomic E-state index is 5.93. The normalized spacial score (nSPS) is 12.5. The van der Waals surface area contributed by atoms with Crippen molar-refractivity contribution in [2.45, 2.75) is 33.7 Å². The van der Waals surface area contributed by atoms with Gasteiger partial charge in [-0.15, -0.1) is 21.5 Å². The molecule has 0 amide bonds. The number of anilines is 1. The molecule has 4 nitrogen and oxygen atoms in total. The van der Waals surface area contributed by atoms with Crippen LogP contribution in [0.25, 0.3) is 0 Å². The van der Waals surface area contributed by atoms with Gasteiger partial charge in [-0.25, -0.2) is 4.98 Å². The summed E-state index contributed by atoms with van der Waals surface area (Å²) in [7, 11) is 0. The van der Waals surface area contributed by atoms with E-state index in [1.165, 1.54) is 4.88 Å². The number of rotatable bonds is 3. The van der Waals surface area contributed by atoms with Gasteiger partial charge in [0.05, 0.1) is 6.04 Å². The van der Waals surface area contributed by atoms with Crippen molar-refractivity contribution in [3.8, 4) is 0 Å². The van der Waals surface area contributed by atoms with E-state index in [0.717, 1.165) is 22.0 Å². The van der Waals surface area contributed by atoms with Crippen LogP contribution in [0.5, 0.6) is 0 Å². The largest absolute Gasteiger partial charge is 0.359 e. The van der Waals surface area contributed by atoms with Crippen molar-refractivity contribution in [1.82, 2.24) is 15.2 Å². The van der Waals surface area contributed by atoms with Crippen LogP contribution in [0.15, 0.2) is 6.20 Å². The van der Waals surface area contributed by atoms with Crippen molar-refractivity contribution in [2.75, 3.05) is 5.32 Å². The van der Waals surface area contributed by atoms with Crippen LogP contribution in [-0.4, -0.2) is 15.2 Å². The molecular weight excluding hydrogens is 268 g/mol. The number of thiazole rings is 1. The number of nitrogens with one attached hydrogen (secondary N) is 1. The molecule has 6 heteroatoms. The summed E-state index contributed by atoms with van der Waals surface area (Å²) in [6, 6.07) is 0.109. The fraction of sp³-hybridized carbons (Fsp3) is 0.417. The molecule has 0 fully saturated rings. The highest BCUT2D eigenvalue weighted by Gasteiger charge is 2.13. The van der Waals surface area contributed by atoms with Gasteiger partial charge >= 0.3 is 0 Å². The number of hydrogen-bond acceptors (Lipinski definition) is 5. The molecule has 1 atom stereocenters. The molecule has 1 N–H and O–H groups in total. The van der Waals surface area contributed by atoms with Crippen LogP contribution in [0.4, 0.5) is 5.82 Å². The van der Waals surface area contributed by atoms with Gasteiger partial charge in [-0.1, -0.05) is 11.6 Å². The zero-order valence-electron chi connectivity index (χ0n) is 10.8. The Kier molecular flexibility index (Phi) is 3.82. The molecule has 2 aromatic heterocycles. The molecule has 1 unspecified atom stereocenters. The first-order chi connectivity index (χ1) is 8.49. The number of aryl methyl sites for hydroxylation is 1. The summed E-state index contributed by atoms with van der Waals surface area (Å²) in [5.41, 5.74) is 1.98. The topological polar surface area (TPSA) is 50.7 Å². The Morgan fingerprint density at radius 1 is 1.22 bits per heavy atom. The van der Waals surface area contributed by atoms with E-state index in [-0.39, 0.29) is 6.04 Å². The molecule has 0 radical (unpaired) electrons.